The van der Waals surface area contributed by atoms with Crippen molar-refractivity contribution in [3.63, 3.8) is 0 Å². The number of hydrogen-bond donors (Lipinski definition) is 1. The number of hydrogen-bond acceptors (Lipinski definition) is 3. The van der Waals surface area contributed by atoms with Crippen molar-refractivity contribution in [3.8, 4) is 11.8 Å². The molecule has 0 aliphatic rings. The average Bonchev–Trinajstić information content (AvgIpc) is 3.03. The molecule has 2 aromatic heterocycles. The van der Waals surface area contributed by atoms with Crippen LogP contribution >= 0.6 is 11.3 Å². The molecule has 0 saturated carbocycles. The van der Waals surface area contributed by atoms with Crippen molar-refractivity contribution < 1.29 is 5.11 Å². The van der Waals surface area contributed by atoms with E-state index in [9.17, 15) is 0 Å². The summed E-state index contributed by atoms with van der Waals surface area (Å²) in [5.41, 5.74) is 3.39. The largest absolute Gasteiger partial charge is 0.384 e. The maximum absolute atomic E-state index is 8.68. The Labute approximate surface area is 117 Å². The van der Waals surface area contributed by atoms with Gasteiger partial charge in [0.05, 0.1) is 12.2 Å². The van der Waals surface area contributed by atoms with Crippen molar-refractivity contribution in [2.75, 3.05) is 6.61 Å². The highest BCUT2D eigenvalue weighted by Crippen LogP contribution is 2.17. The summed E-state index contributed by atoms with van der Waals surface area (Å²) < 4.78 is 2.08. The Morgan fingerprint density at radius 1 is 1.32 bits per heavy atom. The number of nitrogens with zero attached hydrogens (tertiary/aromatic N) is 2. The van der Waals surface area contributed by atoms with E-state index in [2.05, 4.69) is 47.6 Å². The summed E-state index contributed by atoms with van der Waals surface area (Å²) in [6, 6.07) is 4.25. The Morgan fingerprint density at radius 3 is 2.84 bits per heavy atom. The minimum Gasteiger partial charge on any atom is -0.384 e. The van der Waals surface area contributed by atoms with Crippen molar-refractivity contribution in [3.05, 3.63) is 39.3 Å². The van der Waals surface area contributed by atoms with Crippen molar-refractivity contribution in [2.24, 2.45) is 0 Å². The Kier molecular flexibility index (Phi) is 4.78. The van der Waals surface area contributed by atoms with Crippen molar-refractivity contribution in [1.82, 2.24) is 9.78 Å². The maximum Gasteiger partial charge on any atom is 0.104 e. The molecule has 2 rings (SSSR count). The summed E-state index contributed by atoms with van der Waals surface area (Å²) in [6.07, 6.45) is 1.97. The van der Waals surface area contributed by atoms with Crippen LogP contribution in [0.15, 0.2) is 17.5 Å². The van der Waals surface area contributed by atoms with Crippen molar-refractivity contribution in [2.45, 2.75) is 33.2 Å². The number of rotatable bonds is 4. The number of aliphatic hydroxyl groups is 1. The van der Waals surface area contributed by atoms with Gasteiger partial charge in [0.1, 0.15) is 6.61 Å². The van der Waals surface area contributed by atoms with Gasteiger partial charge in [-0.25, -0.2) is 0 Å². The van der Waals surface area contributed by atoms with E-state index < -0.39 is 0 Å². The second kappa shape index (κ2) is 6.55. The molecule has 0 aromatic carbocycles. The van der Waals surface area contributed by atoms with Gasteiger partial charge in [-0.15, -0.1) is 11.3 Å². The smallest absolute Gasteiger partial charge is 0.104 e. The third kappa shape index (κ3) is 3.46. The summed E-state index contributed by atoms with van der Waals surface area (Å²) in [4.78, 5) is 1.24. The summed E-state index contributed by atoms with van der Waals surface area (Å²) in [7, 11) is 0. The lowest BCUT2D eigenvalue weighted by molar-refractivity contribution is 0.350. The van der Waals surface area contributed by atoms with Crippen LogP contribution in [-0.2, 0) is 19.4 Å². The van der Waals surface area contributed by atoms with E-state index in [1.54, 1.807) is 11.3 Å². The first-order chi connectivity index (χ1) is 9.26. The zero-order chi connectivity index (χ0) is 13.7. The fraction of sp³-hybridized carbons (Fsp3) is 0.400. The van der Waals surface area contributed by atoms with Gasteiger partial charge in [-0.3, -0.25) is 4.68 Å². The predicted octanol–water partition coefficient (Wildman–Crippen LogP) is 2.46. The molecule has 0 atom stereocenters. The molecule has 19 heavy (non-hydrogen) atoms. The number of aryl methyl sites for hydroxylation is 2. The lowest BCUT2D eigenvalue weighted by atomic mass is 10.2. The molecule has 0 bridgehead atoms. The SMILES string of the molecule is CCc1cc(CC)n(Cc2cc(C#CCO)cs2)n1. The zero-order valence-electron chi connectivity index (χ0n) is 11.3. The van der Waals surface area contributed by atoms with E-state index in [0.717, 1.165) is 30.6 Å². The summed E-state index contributed by atoms with van der Waals surface area (Å²) in [6.45, 7) is 4.98. The van der Waals surface area contributed by atoms with Crippen molar-refractivity contribution in [1.29, 1.82) is 0 Å². The standard InChI is InChI=1S/C15H18N2OS/c1-3-13-9-14(4-2)17(16-13)10-15-8-12(11-19-15)6-5-7-18/h8-9,11,18H,3-4,7,10H2,1-2H3. The molecule has 0 radical (unpaired) electrons. The van der Waals surface area contributed by atoms with Crippen LogP contribution < -0.4 is 0 Å². The lowest BCUT2D eigenvalue weighted by Crippen LogP contribution is -2.04. The van der Waals surface area contributed by atoms with Crippen LogP contribution in [0.2, 0.25) is 0 Å². The van der Waals surface area contributed by atoms with Gasteiger partial charge >= 0.3 is 0 Å². The second-order valence-corrected chi connectivity index (χ2v) is 5.25. The summed E-state index contributed by atoms with van der Waals surface area (Å²) in [5, 5.41) is 15.3. The molecule has 2 aromatic rings. The first-order valence-electron chi connectivity index (χ1n) is 6.49. The fourth-order valence-electron chi connectivity index (χ4n) is 1.93. The van der Waals surface area contributed by atoms with Gasteiger partial charge in [-0.2, -0.15) is 5.10 Å². The number of aromatic nitrogens is 2. The summed E-state index contributed by atoms with van der Waals surface area (Å²) >= 11 is 1.69. The highest BCUT2D eigenvalue weighted by Gasteiger charge is 2.07. The van der Waals surface area contributed by atoms with Gasteiger partial charge < -0.3 is 5.11 Å². The molecule has 4 heteroatoms. The van der Waals surface area contributed by atoms with Gasteiger partial charge in [-0.05, 0) is 25.0 Å². The van der Waals surface area contributed by atoms with Crippen LogP contribution in [0.5, 0.6) is 0 Å². The molecule has 0 saturated heterocycles. The van der Waals surface area contributed by atoms with Gasteiger partial charge in [0.25, 0.3) is 0 Å². The highest BCUT2D eigenvalue weighted by molar-refractivity contribution is 7.10. The van der Waals surface area contributed by atoms with E-state index >= 15 is 0 Å². The molecule has 0 amide bonds. The first kappa shape index (κ1) is 13.9. The molecule has 0 aliphatic carbocycles. The number of aliphatic hydroxyl groups excluding tert-OH is 1. The Balaban J connectivity index is 2.16. The first-order valence-corrected chi connectivity index (χ1v) is 7.37. The van der Waals surface area contributed by atoms with Crippen LogP contribution in [0, 0.1) is 11.8 Å². The van der Waals surface area contributed by atoms with Crippen LogP contribution in [0.25, 0.3) is 0 Å². The third-order valence-electron chi connectivity index (χ3n) is 2.91. The van der Waals surface area contributed by atoms with Crippen LogP contribution in [0.1, 0.15) is 35.7 Å². The van der Waals surface area contributed by atoms with E-state index in [-0.39, 0.29) is 6.61 Å². The zero-order valence-corrected chi connectivity index (χ0v) is 12.1. The molecule has 1 N–H and O–H groups in total. The molecule has 0 fully saturated rings. The highest BCUT2D eigenvalue weighted by atomic mass is 32.1. The van der Waals surface area contributed by atoms with Gasteiger partial charge in [0.2, 0.25) is 0 Å². The number of thiophene rings is 1. The Bertz CT molecular complexity index is 601. The Hall–Kier alpha value is -1.57. The van der Waals surface area contributed by atoms with Crippen LogP contribution in [0.4, 0.5) is 0 Å². The van der Waals surface area contributed by atoms with Gasteiger partial charge in [0.15, 0.2) is 0 Å². The monoisotopic (exact) mass is 274 g/mol. The minimum absolute atomic E-state index is 0.0931. The van der Waals surface area contributed by atoms with Gasteiger partial charge in [-0.1, -0.05) is 25.7 Å². The molecular weight excluding hydrogens is 256 g/mol. The lowest BCUT2D eigenvalue weighted by Gasteiger charge is -2.03. The molecule has 0 aliphatic heterocycles. The Morgan fingerprint density at radius 2 is 2.16 bits per heavy atom. The van der Waals surface area contributed by atoms with E-state index in [1.165, 1.54) is 10.6 Å². The molecule has 2 heterocycles. The van der Waals surface area contributed by atoms with E-state index in [1.807, 2.05) is 5.38 Å². The van der Waals surface area contributed by atoms with Gasteiger partial charge in [0, 0.05) is 21.5 Å². The molecule has 0 spiro atoms. The third-order valence-corrected chi connectivity index (χ3v) is 3.83. The molecule has 3 nitrogen and oxygen atoms in total. The van der Waals surface area contributed by atoms with Crippen molar-refractivity contribution >= 4 is 11.3 Å². The minimum atomic E-state index is -0.0931. The molecular formula is C15H18N2OS. The summed E-state index contributed by atoms with van der Waals surface area (Å²) in [5.74, 6) is 5.59. The van der Waals surface area contributed by atoms with Crippen LogP contribution in [0.3, 0.4) is 0 Å². The maximum atomic E-state index is 8.68. The predicted molar refractivity (Wildman–Crippen MR) is 78.4 cm³/mol. The molecule has 0 unspecified atom stereocenters. The topological polar surface area (TPSA) is 38.0 Å². The second-order valence-electron chi connectivity index (χ2n) is 4.25. The molecule has 100 valence electrons. The normalized spacial score (nSPS) is 10.3. The van der Waals surface area contributed by atoms with Crippen LogP contribution in [-0.4, -0.2) is 21.5 Å². The van der Waals surface area contributed by atoms with E-state index in [0.29, 0.717) is 0 Å². The fourth-order valence-corrected chi connectivity index (χ4v) is 2.72. The quantitative estimate of drug-likeness (QED) is 0.870. The average molecular weight is 274 g/mol. The van der Waals surface area contributed by atoms with E-state index in [4.69, 9.17) is 5.11 Å².